The number of hydrogen-bond acceptors (Lipinski definition) is 4. The zero-order chi connectivity index (χ0) is 16.5. The average molecular weight is 328 g/mol. The van der Waals surface area contributed by atoms with Gasteiger partial charge in [-0.1, -0.05) is 25.4 Å². The quantitative estimate of drug-likeness (QED) is 0.806. The molecule has 2 amide bonds. The van der Waals surface area contributed by atoms with E-state index in [1.54, 1.807) is 13.0 Å². The zero-order valence-corrected chi connectivity index (χ0v) is 13.8. The molecule has 0 aliphatic rings. The SMILES string of the molecule is CCOC(=O)N[C@@H](CNC(=O)c1cc(Cl)ccn1)CC(C)C. The number of hydrogen-bond donors (Lipinski definition) is 2. The summed E-state index contributed by atoms with van der Waals surface area (Å²) in [6.07, 6.45) is 1.71. The first-order valence-electron chi connectivity index (χ1n) is 7.25. The number of halogens is 1. The summed E-state index contributed by atoms with van der Waals surface area (Å²) in [5.74, 6) is 0.0371. The maximum Gasteiger partial charge on any atom is 0.407 e. The molecule has 6 nitrogen and oxygen atoms in total. The Balaban J connectivity index is 2.58. The summed E-state index contributed by atoms with van der Waals surface area (Å²) in [6.45, 7) is 6.42. The van der Waals surface area contributed by atoms with Gasteiger partial charge in [0.15, 0.2) is 0 Å². The predicted molar refractivity (Wildman–Crippen MR) is 85.0 cm³/mol. The Morgan fingerprint density at radius 3 is 2.73 bits per heavy atom. The molecule has 0 radical (unpaired) electrons. The molecule has 0 aliphatic heterocycles. The molecule has 1 aromatic heterocycles. The molecule has 122 valence electrons. The van der Waals surface area contributed by atoms with Gasteiger partial charge in [-0.2, -0.15) is 0 Å². The lowest BCUT2D eigenvalue weighted by Crippen LogP contribution is -2.44. The highest BCUT2D eigenvalue weighted by Gasteiger charge is 2.16. The van der Waals surface area contributed by atoms with Crippen LogP contribution < -0.4 is 10.6 Å². The number of pyridine rings is 1. The Morgan fingerprint density at radius 1 is 1.41 bits per heavy atom. The molecule has 0 saturated carbocycles. The normalized spacial score (nSPS) is 11.9. The third kappa shape index (κ3) is 6.76. The van der Waals surface area contributed by atoms with Gasteiger partial charge in [0.25, 0.3) is 5.91 Å². The van der Waals surface area contributed by atoms with E-state index in [0.29, 0.717) is 24.1 Å². The number of aromatic nitrogens is 1. The molecule has 22 heavy (non-hydrogen) atoms. The summed E-state index contributed by atoms with van der Waals surface area (Å²) in [6, 6.07) is 2.89. The van der Waals surface area contributed by atoms with E-state index in [1.165, 1.54) is 12.3 Å². The summed E-state index contributed by atoms with van der Waals surface area (Å²) in [5, 5.41) is 5.94. The number of nitrogens with zero attached hydrogens (tertiary/aromatic N) is 1. The minimum atomic E-state index is -0.483. The van der Waals surface area contributed by atoms with E-state index in [-0.39, 0.29) is 17.6 Å². The van der Waals surface area contributed by atoms with Gasteiger partial charge in [-0.05, 0) is 31.4 Å². The molecule has 1 heterocycles. The number of alkyl carbamates (subject to hydrolysis) is 1. The van der Waals surface area contributed by atoms with Crippen LogP contribution in [0.3, 0.4) is 0 Å². The van der Waals surface area contributed by atoms with Crippen molar-refractivity contribution in [1.82, 2.24) is 15.6 Å². The van der Waals surface area contributed by atoms with Crippen molar-refractivity contribution in [3.8, 4) is 0 Å². The van der Waals surface area contributed by atoms with Gasteiger partial charge in [0.2, 0.25) is 0 Å². The lowest BCUT2D eigenvalue weighted by Gasteiger charge is -2.20. The Morgan fingerprint density at radius 2 is 2.14 bits per heavy atom. The molecular formula is C15H22ClN3O3. The van der Waals surface area contributed by atoms with Crippen molar-refractivity contribution < 1.29 is 14.3 Å². The van der Waals surface area contributed by atoms with Crippen LogP contribution in [0, 0.1) is 5.92 Å². The fraction of sp³-hybridized carbons (Fsp3) is 0.533. The Labute approximate surface area is 135 Å². The van der Waals surface area contributed by atoms with Crippen molar-refractivity contribution in [3.63, 3.8) is 0 Å². The summed E-state index contributed by atoms with van der Waals surface area (Å²) >= 11 is 5.83. The summed E-state index contributed by atoms with van der Waals surface area (Å²) in [7, 11) is 0. The lowest BCUT2D eigenvalue weighted by molar-refractivity contribution is 0.0939. The molecular weight excluding hydrogens is 306 g/mol. The highest BCUT2D eigenvalue weighted by molar-refractivity contribution is 6.30. The van der Waals surface area contributed by atoms with Crippen LogP contribution >= 0.6 is 11.6 Å². The first-order valence-corrected chi connectivity index (χ1v) is 7.63. The molecule has 0 aliphatic carbocycles. The van der Waals surface area contributed by atoms with Crippen LogP contribution in [0.1, 0.15) is 37.7 Å². The average Bonchev–Trinajstić information content (AvgIpc) is 2.44. The van der Waals surface area contributed by atoms with Crippen molar-refractivity contribution in [2.45, 2.75) is 33.2 Å². The van der Waals surface area contributed by atoms with Gasteiger partial charge in [-0.15, -0.1) is 0 Å². The molecule has 0 fully saturated rings. The minimum absolute atomic E-state index is 0.206. The standard InChI is InChI=1S/C15H22ClN3O3/c1-4-22-15(21)19-12(7-10(2)3)9-18-14(20)13-8-11(16)5-6-17-13/h5-6,8,10,12H,4,7,9H2,1-3H3,(H,18,20)(H,19,21)/t12-/m1/s1. The fourth-order valence-corrected chi connectivity index (χ4v) is 2.10. The second-order valence-corrected chi connectivity index (χ2v) is 5.70. The van der Waals surface area contributed by atoms with Crippen molar-refractivity contribution >= 4 is 23.6 Å². The summed E-state index contributed by atoms with van der Waals surface area (Å²) in [4.78, 5) is 27.5. The van der Waals surface area contributed by atoms with Crippen molar-refractivity contribution in [1.29, 1.82) is 0 Å². The van der Waals surface area contributed by atoms with Gasteiger partial charge in [0.05, 0.1) is 6.61 Å². The van der Waals surface area contributed by atoms with Crippen molar-refractivity contribution in [2.24, 2.45) is 5.92 Å². The third-order valence-corrected chi connectivity index (χ3v) is 3.05. The molecule has 0 aromatic carbocycles. The molecule has 1 atom stereocenters. The first-order chi connectivity index (χ1) is 10.4. The summed E-state index contributed by atoms with van der Waals surface area (Å²) < 4.78 is 4.87. The van der Waals surface area contributed by atoms with E-state index < -0.39 is 6.09 Å². The Kier molecular flexibility index (Phi) is 7.66. The molecule has 7 heteroatoms. The molecule has 2 N–H and O–H groups in total. The first kappa shape index (κ1) is 18.2. The van der Waals surface area contributed by atoms with E-state index in [0.717, 1.165) is 6.42 Å². The minimum Gasteiger partial charge on any atom is -0.450 e. The topological polar surface area (TPSA) is 80.3 Å². The monoisotopic (exact) mass is 327 g/mol. The van der Waals surface area contributed by atoms with E-state index >= 15 is 0 Å². The van der Waals surface area contributed by atoms with Gasteiger partial charge >= 0.3 is 6.09 Å². The maximum atomic E-state index is 12.0. The van der Waals surface area contributed by atoms with Gasteiger partial charge in [-0.3, -0.25) is 9.78 Å². The number of rotatable bonds is 7. The molecule has 0 bridgehead atoms. The van der Waals surface area contributed by atoms with Crippen LogP contribution in [-0.4, -0.2) is 36.2 Å². The van der Waals surface area contributed by atoms with Gasteiger partial charge in [0, 0.05) is 23.8 Å². The fourth-order valence-electron chi connectivity index (χ4n) is 1.94. The molecule has 1 rings (SSSR count). The van der Waals surface area contributed by atoms with Crippen LogP contribution in [0.15, 0.2) is 18.3 Å². The van der Waals surface area contributed by atoms with Crippen LogP contribution in [0.2, 0.25) is 5.02 Å². The number of carbonyl (C=O) groups excluding carboxylic acids is 2. The smallest absolute Gasteiger partial charge is 0.407 e. The third-order valence-electron chi connectivity index (χ3n) is 2.82. The van der Waals surface area contributed by atoms with Gasteiger partial charge in [0.1, 0.15) is 5.69 Å². The number of amides is 2. The van der Waals surface area contributed by atoms with Gasteiger partial charge in [-0.25, -0.2) is 4.79 Å². The largest absolute Gasteiger partial charge is 0.450 e. The number of ether oxygens (including phenoxy) is 1. The molecule has 1 aromatic rings. The molecule has 0 spiro atoms. The van der Waals surface area contributed by atoms with E-state index in [9.17, 15) is 9.59 Å². The van der Waals surface area contributed by atoms with Crippen LogP contribution in [0.5, 0.6) is 0 Å². The zero-order valence-electron chi connectivity index (χ0n) is 13.1. The maximum absolute atomic E-state index is 12.0. The second kappa shape index (κ2) is 9.25. The van der Waals surface area contributed by atoms with Crippen LogP contribution in [0.4, 0.5) is 4.79 Å². The molecule has 0 saturated heterocycles. The van der Waals surface area contributed by atoms with Crippen LogP contribution in [0.25, 0.3) is 0 Å². The highest BCUT2D eigenvalue weighted by Crippen LogP contribution is 2.08. The number of carbonyl (C=O) groups is 2. The lowest BCUT2D eigenvalue weighted by atomic mass is 10.0. The predicted octanol–water partition coefficient (Wildman–Crippen LogP) is 2.63. The van der Waals surface area contributed by atoms with Crippen molar-refractivity contribution in [2.75, 3.05) is 13.2 Å². The van der Waals surface area contributed by atoms with E-state index in [4.69, 9.17) is 16.3 Å². The highest BCUT2D eigenvalue weighted by atomic mass is 35.5. The molecule has 0 unspecified atom stereocenters. The second-order valence-electron chi connectivity index (χ2n) is 5.26. The Hall–Kier alpha value is -1.82. The van der Waals surface area contributed by atoms with E-state index in [1.807, 2.05) is 13.8 Å². The van der Waals surface area contributed by atoms with Crippen LogP contribution in [-0.2, 0) is 4.74 Å². The number of nitrogens with one attached hydrogen (secondary N) is 2. The van der Waals surface area contributed by atoms with E-state index in [2.05, 4.69) is 15.6 Å². The Bertz CT molecular complexity index is 509. The van der Waals surface area contributed by atoms with Crippen molar-refractivity contribution in [3.05, 3.63) is 29.0 Å². The van der Waals surface area contributed by atoms with Gasteiger partial charge < -0.3 is 15.4 Å². The summed E-state index contributed by atoms with van der Waals surface area (Å²) in [5.41, 5.74) is 0.243.